The lowest BCUT2D eigenvalue weighted by Crippen LogP contribution is -2.49. The Balaban J connectivity index is 1.53. The molecule has 0 unspecified atom stereocenters. The smallest absolute Gasteiger partial charge is 0.238 e. The highest BCUT2D eigenvalue weighted by atomic mass is 32.1. The second kappa shape index (κ2) is 9.97. The summed E-state index contributed by atoms with van der Waals surface area (Å²) in [4.78, 5) is 11.7. The lowest BCUT2D eigenvalue weighted by Gasteiger charge is -2.16. The molecule has 1 aliphatic carbocycles. The van der Waals surface area contributed by atoms with Crippen molar-refractivity contribution in [1.82, 2.24) is 16.2 Å². The summed E-state index contributed by atoms with van der Waals surface area (Å²) in [6.45, 7) is 0.477. The highest BCUT2D eigenvalue weighted by Crippen LogP contribution is 2.18. The summed E-state index contributed by atoms with van der Waals surface area (Å²) in [7, 11) is 1.62. The lowest BCUT2D eigenvalue weighted by atomic mass is 10.3. The van der Waals surface area contributed by atoms with E-state index < -0.39 is 0 Å². The summed E-state index contributed by atoms with van der Waals surface area (Å²) in [6, 6.07) is 7.79. The van der Waals surface area contributed by atoms with Crippen molar-refractivity contribution in [2.75, 3.05) is 13.7 Å². The van der Waals surface area contributed by atoms with Gasteiger partial charge < -0.3 is 14.8 Å². The van der Waals surface area contributed by atoms with Crippen LogP contribution in [-0.4, -0.2) is 30.8 Å². The molecule has 3 N–H and O–H groups in total. The SMILES string of the molecule is COc1ccc(OCCCC(=O)NNC(=S)NC2CCCC2)cc1. The number of thiocarbonyl (C=S) groups is 1. The Morgan fingerprint density at radius 1 is 1.17 bits per heavy atom. The first-order valence-corrected chi connectivity index (χ1v) is 8.70. The van der Waals surface area contributed by atoms with Crippen molar-refractivity contribution in [2.45, 2.75) is 44.6 Å². The number of carbonyl (C=O) groups is 1. The van der Waals surface area contributed by atoms with Gasteiger partial charge in [-0.1, -0.05) is 12.8 Å². The van der Waals surface area contributed by atoms with Crippen LogP contribution in [0.2, 0.25) is 0 Å². The summed E-state index contributed by atoms with van der Waals surface area (Å²) in [6.07, 6.45) is 5.75. The van der Waals surface area contributed by atoms with E-state index in [9.17, 15) is 4.79 Å². The Labute approximate surface area is 148 Å². The quantitative estimate of drug-likeness (QED) is 0.398. The minimum absolute atomic E-state index is 0.107. The summed E-state index contributed by atoms with van der Waals surface area (Å²) in [5.41, 5.74) is 5.35. The van der Waals surface area contributed by atoms with Crippen molar-refractivity contribution in [3.05, 3.63) is 24.3 Å². The molecule has 24 heavy (non-hydrogen) atoms. The van der Waals surface area contributed by atoms with Gasteiger partial charge in [0.15, 0.2) is 5.11 Å². The number of nitrogens with one attached hydrogen (secondary N) is 3. The Hall–Kier alpha value is -2.02. The van der Waals surface area contributed by atoms with E-state index >= 15 is 0 Å². The van der Waals surface area contributed by atoms with Crippen LogP contribution in [0.1, 0.15) is 38.5 Å². The van der Waals surface area contributed by atoms with Crippen LogP contribution in [0.15, 0.2) is 24.3 Å². The molecule has 1 aromatic rings. The molecule has 6 nitrogen and oxygen atoms in total. The topological polar surface area (TPSA) is 71.6 Å². The third-order valence-corrected chi connectivity index (χ3v) is 4.10. The zero-order valence-electron chi connectivity index (χ0n) is 14.0. The molecule has 1 amide bonds. The van der Waals surface area contributed by atoms with E-state index in [0.717, 1.165) is 24.3 Å². The van der Waals surface area contributed by atoms with E-state index in [1.165, 1.54) is 12.8 Å². The number of ether oxygens (including phenoxy) is 2. The van der Waals surface area contributed by atoms with Crippen molar-refractivity contribution in [1.29, 1.82) is 0 Å². The van der Waals surface area contributed by atoms with Crippen LogP contribution in [0.3, 0.4) is 0 Å². The van der Waals surface area contributed by atoms with Crippen LogP contribution in [0.4, 0.5) is 0 Å². The highest BCUT2D eigenvalue weighted by molar-refractivity contribution is 7.80. The minimum Gasteiger partial charge on any atom is -0.497 e. The fraction of sp³-hybridized carbons (Fsp3) is 0.529. The van der Waals surface area contributed by atoms with Crippen LogP contribution in [-0.2, 0) is 4.79 Å². The van der Waals surface area contributed by atoms with Gasteiger partial charge in [-0.3, -0.25) is 15.6 Å². The second-order valence-corrected chi connectivity index (χ2v) is 6.16. The molecule has 0 aliphatic heterocycles. The van der Waals surface area contributed by atoms with Crippen LogP contribution in [0, 0.1) is 0 Å². The lowest BCUT2D eigenvalue weighted by molar-refractivity contribution is -0.121. The number of rotatable bonds is 7. The first kappa shape index (κ1) is 18.3. The molecule has 132 valence electrons. The molecular weight excluding hydrogens is 326 g/mol. The molecule has 0 heterocycles. The third kappa shape index (κ3) is 6.62. The second-order valence-electron chi connectivity index (χ2n) is 5.76. The van der Waals surface area contributed by atoms with E-state index in [1.807, 2.05) is 24.3 Å². The Bertz CT molecular complexity index is 530. The van der Waals surface area contributed by atoms with Gasteiger partial charge in [-0.15, -0.1) is 0 Å². The zero-order chi connectivity index (χ0) is 17.2. The van der Waals surface area contributed by atoms with Gasteiger partial charge in [-0.25, -0.2) is 0 Å². The van der Waals surface area contributed by atoms with Crippen molar-refractivity contribution < 1.29 is 14.3 Å². The number of hydrazine groups is 1. The van der Waals surface area contributed by atoms with Crippen molar-refractivity contribution in [3.63, 3.8) is 0 Å². The van der Waals surface area contributed by atoms with Crippen LogP contribution >= 0.6 is 12.2 Å². The number of benzene rings is 1. The van der Waals surface area contributed by atoms with Crippen LogP contribution < -0.4 is 25.6 Å². The average Bonchev–Trinajstić information content (AvgIpc) is 3.10. The molecule has 1 aliphatic rings. The zero-order valence-corrected chi connectivity index (χ0v) is 14.8. The van der Waals surface area contributed by atoms with Gasteiger partial charge in [0, 0.05) is 12.5 Å². The molecule has 0 aromatic heterocycles. The molecule has 0 saturated heterocycles. The standard InChI is InChI=1S/C17H25N3O3S/c1-22-14-8-10-15(11-9-14)23-12-4-7-16(21)19-20-17(24)18-13-5-2-3-6-13/h8-11,13H,2-7,12H2,1H3,(H,19,21)(H2,18,20,24). The van der Waals surface area contributed by atoms with E-state index in [-0.39, 0.29) is 5.91 Å². The van der Waals surface area contributed by atoms with Crippen molar-refractivity contribution in [3.8, 4) is 11.5 Å². The van der Waals surface area contributed by atoms with Gasteiger partial charge in [-0.2, -0.15) is 0 Å². The number of hydrogen-bond acceptors (Lipinski definition) is 4. The van der Waals surface area contributed by atoms with E-state index in [0.29, 0.717) is 30.6 Å². The Morgan fingerprint density at radius 3 is 2.50 bits per heavy atom. The maximum Gasteiger partial charge on any atom is 0.238 e. The predicted octanol–water partition coefficient (Wildman–Crippen LogP) is 2.29. The molecule has 2 rings (SSSR count). The van der Waals surface area contributed by atoms with Gasteiger partial charge in [0.2, 0.25) is 5.91 Å². The first-order valence-electron chi connectivity index (χ1n) is 8.29. The van der Waals surface area contributed by atoms with Gasteiger partial charge in [0.25, 0.3) is 0 Å². The number of methoxy groups -OCH3 is 1. The molecule has 0 bridgehead atoms. The van der Waals surface area contributed by atoms with Gasteiger partial charge in [0.05, 0.1) is 13.7 Å². The maximum absolute atomic E-state index is 11.7. The van der Waals surface area contributed by atoms with Crippen molar-refractivity contribution >= 4 is 23.2 Å². The fourth-order valence-electron chi connectivity index (χ4n) is 2.58. The minimum atomic E-state index is -0.107. The van der Waals surface area contributed by atoms with Crippen molar-refractivity contribution in [2.24, 2.45) is 0 Å². The number of carbonyl (C=O) groups excluding carboxylic acids is 1. The molecule has 0 spiro atoms. The molecule has 1 aromatic carbocycles. The molecule has 1 saturated carbocycles. The van der Waals surface area contributed by atoms with Gasteiger partial charge in [0.1, 0.15) is 11.5 Å². The van der Waals surface area contributed by atoms with Gasteiger partial charge >= 0.3 is 0 Å². The van der Waals surface area contributed by atoms with Crippen LogP contribution in [0.25, 0.3) is 0 Å². The Morgan fingerprint density at radius 2 is 1.83 bits per heavy atom. The number of amides is 1. The maximum atomic E-state index is 11.7. The summed E-state index contributed by atoms with van der Waals surface area (Å²) in [5.74, 6) is 1.44. The summed E-state index contributed by atoms with van der Waals surface area (Å²) in [5, 5.41) is 3.68. The highest BCUT2D eigenvalue weighted by Gasteiger charge is 2.15. The molecule has 0 radical (unpaired) electrons. The van der Waals surface area contributed by atoms with E-state index in [4.69, 9.17) is 21.7 Å². The Kier molecular flexibility index (Phi) is 7.61. The normalized spacial score (nSPS) is 14.0. The summed E-state index contributed by atoms with van der Waals surface area (Å²) < 4.78 is 10.7. The first-order chi connectivity index (χ1) is 11.7. The fourth-order valence-corrected chi connectivity index (χ4v) is 2.79. The molecule has 0 atom stereocenters. The number of hydrogen-bond donors (Lipinski definition) is 3. The molecular formula is C17H25N3O3S. The largest absolute Gasteiger partial charge is 0.497 e. The van der Waals surface area contributed by atoms with E-state index in [1.54, 1.807) is 7.11 Å². The molecule has 1 fully saturated rings. The predicted molar refractivity (Wildman–Crippen MR) is 97.0 cm³/mol. The van der Waals surface area contributed by atoms with Crippen LogP contribution in [0.5, 0.6) is 11.5 Å². The average molecular weight is 351 g/mol. The molecule has 7 heteroatoms. The van der Waals surface area contributed by atoms with E-state index in [2.05, 4.69) is 16.2 Å². The third-order valence-electron chi connectivity index (χ3n) is 3.88. The van der Waals surface area contributed by atoms with Gasteiger partial charge in [-0.05, 0) is 55.7 Å². The monoisotopic (exact) mass is 351 g/mol. The summed E-state index contributed by atoms with van der Waals surface area (Å²) >= 11 is 5.16.